The Hall–Kier alpha value is -1.13. The van der Waals surface area contributed by atoms with E-state index in [2.05, 4.69) is 5.32 Å². The van der Waals surface area contributed by atoms with Crippen LogP contribution < -0.4 is 10.1 Å². The summed E-state index contributed by atoms with van der Waals surface area (Å²) in [6, 6.07) is 4.91. The normalized spacial score (nSPS) is 16.6. The Labute approximate surface area is 107 Å². The van der Waals surface area contributed by atoms with Gasteiger partial charge < -0.3 is 15.2 Å². The van der Waals surface area contributed by atoms with Gasteiger partial charge in [0.2, 0.25) is 0 Å². The van der Waals surface area contributed by atoms with Crippen molar-refractivity contribution < 1.29 is 14.2 Å². The summed E-state index contributed by atoms with van der Waals surface area (Å²) in [7, 11) is 1.53. The van der Waals surface area contributed by atoms with Gasteiger partial charge in [0.25, 0.3) is 0 Å². The number of aliphatic hydroxyl groups is 1. The van der Waals surface area contributed by atoms with Crippen LogP contribution in [0.4, 0.5) is 4.39 Å². The van der Waals surface area contributed by atoms with Gasteiger partial charge in [-0.15, -0.1) is 0 Å². The molecule has 0 spiro atoms. The molecule has 1 aromatic carbocycles. The fourth-order valence-corrected chi connectivity index (χ4v) is 2.19. The lowest BCUT2D eigenvalue weighted by Gasteiger charge is -2.15. The predicted octanol–water partition coefficient (Wildman–Crippen LogP) is 2.09. The lowest BCUT2D eigenvalue weighted by atomic mass is 10.0. The van der Waals surface area contributed by atoms with Gasteiger partial charge in [0.15, 0.2) is 0 Å². The van der Waals surface area contributed by atoms with Crippen LogP contribution in [0.1, 0.15) is 24.8 Å². The molecule has 0 saturated heterocycles. The van der Waals surface area contributed by atoms with Crippen LogP contribution in [-0.2, 0) is 6.54 Å². The maximum absolute atomic E-state index is 13.7. The summed E-state index contributed by atoms with van der Waals surface area (Å²) in [5.41, 5.74) is 0.910. The Morgan fingerprint density at radius 1 is 1.44 bits per heavy atom. The average Bonchev–Trinajstić information content (AvgIpc) is 3.12. The van der Waals surface area contributed by atoms with E-state index >= 15 is 0 Å². The van der Waals surface area contributed by atoms with Crippen LogP contribution in [0.2, 0.25) is 0 Å². The molecule has 3 nitrogen and oxygen atoms in total. The van der Waals surface area contributed by atoms with E-state index in [-0.39, 0.29) is 17.8 Å². The molecule has 2 rings (SSSR count). The summed E-state index contributed by atoms with van der Waals surface area (Å²) in [4.78, 5) is 0. The molecule has 1 aromatic rings. The molecule has 0 heterocycles. The summed E-state index contributed by atoms with van der Waals surface area (Å²) in [5.74, 6) is 0.295. The van der Waals surface area contributed by atoms with Crippen molar-refractivity contribution in [2.75, 3.05) is 20.3 Å². The van der Waals surface area contributed by atoms with Crippen LogP contribution in [0.25, 0.3) is 0 Å². The van der Waals surface area contributed by atoms with E-state index in [1.165, 1.54) is 13.2 Å². The molecule has 0 radical (unpaired) electrons. The molecule has 2 N–H and O–H groups in total. The second-order valence-corrected chi connectivity index (χ2v) is 5.03. The Morgan fingerprint density at radius 2 is 2.22 bits per heavy atom. The van der Waals surface area contributed by atoms with Crippen molar-refractivity contribution in [1.82, 2.24) is 5.32 Å². The van der Waals surface area contributed by atoms with Gasteiger partial charge in [-0.1, -0.05) is 6.07 Å². The topological polar surface area (TPSA) is 41.5 Å². The standard InChI is InChI=1S/C14H20FNO2/c1-18-12-3-2-11(13(15)8-12)9-16-10-14(4-5-14)6-7-17/h2-3,8,16-17H,4-7,9-10H2,1H3. The highest BCUT2D eigenvalue weighted by Crippen LogP contribution is 2.47. The highest BCUT2D eigenvalue weighted by Gasteiger charge is 2.41. The molecule has 0 bridgehead atoms. The number of ether oxygens (including phenoxy) is 1. The second kappa shape index (κ2) is 5.67. The van der Waals surface area contributed by atoms with Crippen molar-refractivity contribution >= 4 is 0 Å². The van der Waals surface area contributed by atoms with E-state index < -0.39 is 0 Å². The minimum atomic E-state index is -0.242. The number of rotatable bonds is 7. The largest absolute Gasteiger partial charge is 0.497 e. The zero-order valence-electron chi connectivity index (χ0n) is 10.7. The maximum atomic E-state index is 13.7. The lowest BCUT2D eigenvalue weighted by molar-refractivity contribution is 0.245. The van der Waals surface area contributed by atoms with E-state index in [4.69, 9.17) is 9.84 Å². The van der Waals surface area contributed by atoms with E-state index in [1.54, 1.807) is 12.1 Å². The minimum Gasteiger partial charge on any atom is -0.497 e. The van der Waals surface area contributed by atoms with Crippen molar-refractivity contribution in [3.05, 3.63) is 29.6 Å². The number of nitrogens with one attached hydrogen (secondary N) is 1. The van der Waals surface area contributed by atoms with Crippen molar-refractivity contribution in [2.45, 2.75) is 25.8 Å². The van der Waals surface area contributed by atoms with Gasteiger partial charge in [0.1, 0.15) is 11.6 Å². The molecule has 0 amide bonds. The van der Waals surface area contributed by atoms with Crippen molar-refractivity contribution in [1.29, 1.82) is 0 Å². The summed E-state index contributed by atoms with van der Waals surface area (Å²) >= 11 is 0. The van der Waals surface area contributed by atoms with Crippen LogP contribution in [0.15, 0.2) is 18.2 Å². The minimum absolute atomic E-state index is 0.235. The van der Waals surface area contributed by atoms with Crippen LogP contribution in [0.5, 0.6) is 5.75 Å². The third kappa shape index (κ3) is 3.21. The van der Waals surface area contributed by atoms with Crippen molar-refractivity contribution in [3.63, 3.8) is 0 Å². The summed E-state index contributed by atoms with van der Waals surface area (Å²) < 4.78 is 18.6. The van der Waals surface area contributed by atoms with Crippen LogP contribution >= 0.6 is 0 Å². The van der Waals surface area contributed by atoms with Crippen LogP contribution in [0, 0.1) is 11.2 Å². The first-order chi connectivity index (χ1) is 8.69. The van der Waals surface area contributed by atoms with Crippen LogP contribution in [0.3, 0.4) is 0 Å². The first-order valence-electron chi connectivity index (χ1n) is 6.33. The summed E-state index contributed by atoms with van der Waals surface area (Å²) in [6.45, 7) is 1.60. The van der Waals surface area contributed by atoms with Crippen molar-refractivity contribution in [2.24, 2.45) is 5.41 Å². The molecule has 0 aliphatic heterocycles. The average molecular weight is 253 g/mol. The lowest BCUT2D eigenvalue weighted by Crippen LogP contribution is -2.24. The van der Waals surface area contributed by atoms with Gasteiger partial charge in [-0.2, -0.15) is 0 Å². The van der Waals surface area contributed by atoms with Gasteiger partial charge in [-0.25, -0.2) is 4.39 Å². The molecule has 0 aromatic heterocycles. The molecular weight excluding hydrogens is 233 g/mol. The summed E-state index contributed by atoms with van der Waals surface area (Å²) in [5, 5.41) is 12.2. The molecule has 1 fully saturated rings. The van der Waals surface area contributed by atoms with Gasteiger partial charge in [0.05, 0.1) is 7.11 Å². The first-order valence-corrected chi connectivity index (χ1v) is 6.33. The van der Waals surface area contributed by atoms with Gasteiger partial charge in [-0.3, -0.25) is 0 Å². The number of halogens is 1. The monoisotopic (exact) mass is 253 g/mol. The number of hydrogen-bond acceptors (Lipinski definition) is 3. The number of methoxy groups -OCH3 is 1. The fraction of sp³-hybridized carbons (Fsp3) is 0.571. The SMILES string of the molecule is COc1ccc(CNCC2(CCO)CC2)c(F)c1. The Bertz CT molecular complexity index is 405. The van der Waals surface area contributed by atoms with Gasteiger partial charge in [0, 0.05) is 31.3 Å². The quantitative estimate of drug-likeness (QED) is 0.782. The number of benzene rings is 1. The van der Waals surface area contributed by atoms with Crippen LogP contribution in [-0.4, -0.2) is 25.4 Å². The molecular formula is C14H20FNO2. The smallest absolute Gasteiger partial charge is 0.131 e. The maximum Gasteiger partial charge on any atom is 0.131 e. The van der Waals surface area contributed by atoms with E-state index in [0.29, 0.717) is 17.9 Å². The van der Waals surface area contributed by atoms with Gasteiger partial charge in [-0.05, 0) is 30.7 Å². The molecule has 100 valence electrons. The molecule has 1 aliphatic rings. The van der Waals surface area contributed by atoms with E-state index in [0.717, 1.165) is 25.8 Å². The van der Waals surface area contributed by atoms with Crippen molar-refractivity contribution in [3.8, 4) is 5.75 Å². The highest BCUT2D eigenvalue weighted by atomic mass is 19.1. The molecule has 1 aliphatic carbocycles. The highest BCUT2D eigenvalue weighted by molar-refractivity contribution is 5.28. The zero-order chi connectivity index (χ0) is 13.0. The first kappa shape index (κ1) is 13.3. The van der Waals surface area contributed by atoms with E-state index in [1.807, 2.05) is 0 Å². The predicted molar refractivity (Wildman–Crippen MR) is 68.0 cm³/mol. The third-order valence-electron chi connectivity index (χ3n) is 3.67. The molecule has 4 heteroatoms. The third-order valence-corrected chi connectivity index (χ3v) is 3.67. The fourth-order valence-electron chi connectivity index (χ4n) is 2.19. The van der Waals surface area contributed by atoms with E-state index in [9.17, 15) is 4.39 Å². The molecule has 18 heavy (non-hydrogen) atoms. The molecule has 0 unspecified atom stereocenters. The van der Waals surface area contributed by atoms with Gasteiger partial charge >= 0.3 is 0 Å². The Balaban J connectivity index is 1.83. The number of aliphatic hydroxyl groups excluding tert-OH is 1. The zero-order valence-corrected chi connectivity index (χ0v) is 10.7. The molecule has 0 atom stereocenters. The number of hydrogen-bond donors (Lipinski definition) is 2. The second-order valence-electron chi connectivity index (χ2n) is 5.03. The Morgan fingerprint density at radius 3 is 2.78 bits per heavy atom. The Kier molecular flexibility index (Phi) is 4.19. The summed E-state index contributed by atoms with van der Waals surface area (Å²) in [6.07, 6.45) is 3.16. The molecule has 1 saturated carbocycles.